The summed E-state index contributed by atoms with van der Waals surface area (Å²) in [6, 6.07) is 8.12. The van der Waals surface area contributed by atoms with Gasteiger partial charge in [0.05, 0.1) is 13.7 Å². The number of methoxy groups -OCH3 is 1. The molecule has 3 rings (SSSR count). The van der Waals surface area contributed by atoms with Gasteiger partial charge in [0.15, 0.2) is 5.96 Å². The first-order valence-corrected chi connectivity index (χ1v) is 9.20. The quantitative estimate of drug-likeness (QED) is 0.346. The van der Waals surface area contributed by atoms with Gasteiger partial charge in [0.1, 0.15) is 17.1 Å². The Balaban J connectivity index is 1.53. The van der Waals surface area contributed by atoms with Crippen molar-refractivity contribution in [2.45, 2.75) is 26.8 Å². The lowest BCUT2D eigenvalue weighted by Gasteiger charge is -2.10. The van der Waals surface area contributed by atoms with E-state index >= 15 is 0 Å². The summed E-state index contributed by atoms with van der Waals surface area (Å²) in [5.41, 5.74) is 4.11. The second-order valence-corrected chi connectivity index (χ2v) is 6.64. The van der Waals surface area contributed by atoms with Crippen LogP contribution in [0.1, 0.15) is 33.0 Å². The lowest BCUT2D eigenvalue weighted by Crippen LogP contribution is -2.37. The number of fused-ring (bicyclic) bond motifs is 1. The van der Waals surface area contributed by atoms with Gasteiger partial charge in [0.2, 0.25) is 0 Å². The Hall–Kier alpha value is -3.22. The van der Waals surface area contributed by atoms with Crippen LogP contribution in [0.15, 0.2) is 39.9 Å². The van der Waals surface area contributed by atoms with Gasteiger partial charge in [-0.05, 0) is 43.5 Å². The number of esters is 1. The molecule has 0 amide bonds. The zero-order chi connectivity index (χ0) is 20.1. The van der Waals surface area contributed by atoms with Crippen molar-refractivity contribution < 1.29 is 13.9 Å². The van der Waals surface area contributed by atoms with Gasteiger partial charge in [0, 0.05) is 30.7 Å². The summed E-state index contributed by atoms with van der Waals surface area (Å²) in [5.74, 6) is 1.46. The van der Waals surface area contributed by atoms with Gasteiger partial charge >= 0.3 is 5.97 Å². The Bertz CT molecular complexity index is 1000. The first-order chi connectivity index (χ1) is 13.5. The van der Waals surface area contributed by atoms with E-state index in [0.717, 1.165) is 18.5 Å². The van der Waals surface area contributed by atoms with Crippen molar-refractivity contribution >= 4 is 22.8 Å². The van der Waals surface area contributed by atoms with Crippen molar-refractivity contribution in [3.8, 4) is 0 Å². The highest BCUT2D eigenvalue weighted by Gasteiger charge is 2.15. The number of aromatic nitrogens is 1. The molecule has 7 nitrogen and oxygen atoms in total. The summed E-state index contributed by atoms with van der Waals surface area (Å²) >= 11 is 0. The molecular weight excluding hydrogens is 356 g/mol. The molecule has 0 aliphatic heterocycles. The first-order valence-electron chi connectivity index (χ1n) is 9.20. The van der Waals surface area contributed by atoms with E-state index in [-0.39, 0.29) is 0 Å². The van der Waals surface area contributed by atoms with Crippen LogP contribution in [0.5, 0.6) is 0 Å². The predicted octanol–water partition coefficient (Wildman–Crippen LogP) is 3.07. The molecule has 3 N–H and O–H groups in total. The molecule has 0 aliphatic rings. The number of carbonyl (C=O) groups excluding carboxylic acids is 1. The lowest BCUT2D eigenvalue weighted by molar-refractivity contribution is 0.0599. The van der Waals surface area contributed by atoms with E-state index in [1.807, 2.05) is 0 Å². The van der Waals surface area contributed by atoms with E-state index in [4.69, 9.17) is 9.15 Å². The third-order valence-corrected chi connectivity index (χ3v) is 4.64. The summed E-state index contributed by atoms with van der Waals surface area (Å²) in [6.07, 6.45) is 2.93. The Kier molecular flexibility index (Phi) is 6.03. The van der Waals surface area contributed by atoms with Crippen molar-refractivity contribution in [2.24, 2.45) is 4.99 Å². The van der Waals surface area contributed by atoms with Gasteiger partial charge in [-0.2, -0.15) is 0 Å². The van der Waals surface area contributed by atoms with Crippen LogP contribution in [0, 0.1) is 13.8 Å². The molecule has 0 unspecified atom stereocenters. The second kappa shape index (κ2) is 8.65. The smallest absolute Gasteiger partial charge is 0.341 e. The summed E-state index contributed by atoms with van der Waals surface area (Å²) < 4.78 is 10.3. The average molecular weight is 382 g/mol. The molecule has 0 spiro atoms. The van der Waals surface area contributed by atoms with E-state index in [2.05, 4.69) is 51.9 Å². The molecule has 0 saturated carbocycles. The Morgan fingerprint density at radius 2 is 2.07 bits per heavy atom. The third kappa shape index (κ3) is 4.36. The van der Waals surface area contributed by atoms with Crippen molar-refractivity contribution in [3.63, 3.8) is 0 Å². The maximum Gasteiger partial charge on any atom is 0.341 e. The molecular formula is C21H26N4O3. The van der Waals surface area contributed by atoms with Crippen LogP contribution >= 0.6 is 0 Å². The van der Waals surface area contributed by atoms with E-state index in [0.29, 0.717) is 29.6 Å². The molecule has 3 aromatic rings. The molecule has 0 fully saturated rings. The summed E-state index contributed by atoms with van der Waals surface area (Å²) in [7, 11) is 3.07. The number of rotatable bonds is 6. The molecule has 2 heterocycles. The number of guanidine groups is 1. The fourth-order valence-corrected chi connectivity index (χ4v) is 3.16. The van der Waals surface area contributed by atoms with Gasteiger partial charge in [-0.1, -0.05) is 12.1 Å². The highest BCUT2D eigenvalue weighted by molar-refractivity contribution is 5.90. The average Bonchev–Trinajstić information content (AvgIpc) is 3.26. The summed E-state index contributed by atoms with van der Waals surface area (Å²) in [5, 5.41) is 7.74. The first kappa shape index (κ1) is 19.5. The number of hydrogen-bond acceptors (Lipinski definition) is 4. The van der Waals surface area contributed by atoms with Crippen LogP contribution in [-0.2, 0) is 17.7 Å². The fraction of sp³-hybridized carbons (Fsp3) is 0.333. The van der Waals surface area contributed by atoms with E-state index in [1.165, 1.54) is 23.6 Å². The number of carbonyl (C=O) groups is 1. The van der Waals surface area contributed by atoms with Crippen LogP contribution < -0.4 is 10.6 Å². The molecule has 148 valence electrons. The zero-order valence-corrected chi connectivity index (χ0v) is 16.7. The lowest BCUT2D eigenvalue weighted by atomic mass is 10.1. The summed E-state index contributed by atoms with van der Waals surface area (Å²) in [6.45, 7) is 4.99. The molecule has 0 atom stereocenters. The van der Waals surface area contributed by atoms with Gasteiger partial charge in [0.25, 0.3) is 0 Å². The van der Waals surface area contributed by atoms with Crippen molar-refractivity contribution in [2.75, 3.05) is 20.7 Å². The number of aliphatic imine (C=N–C) groups is 1. The number of aryl methyl sites for hydroxylation is 2. The highest BCUT2D eigenvalue weighted by atomic mass is 16.5. The van der Waals surface area contributed by atoms with Crippen molar-refractivity contribution in [3.05, 3.63) is 58.7 Å². The van der Waals surface area contributed by atoms with Crippen molar-refractivity contribution in [1.29, 1.82) is 0 Å². The third-order valence-electron chi connectivity index (χ3n) is 4.64. The number of furan rings is 1. The van der Waals surface area contributed by atoms with E-state index < -0.39 is 5.97 Å². The molecule has 0 saturated heterocycles. The molecule has 1 aromatic carbocycles. The number of benzene rings is 1. The van der Waals surface area contributed by atoms with E-state index in [9.17, 15) is 4.79 Å². The van der Waals surface area contributed by atoms with Crippen LogP contribution in [0.25, 0.3) is 10.9 Å². The van der Waals surface area contributed by atoms with Crippen molar-refractivity contribution in [1.82, 2.24) is 15.6 Å². The Morgan fingerprint density at radius 3 is 2.82 bits per heavy atom. The number of ether oxygens (including phenoxy) is 1. The minimum absolute atomic E-state index is 0.399. The normalized spacial score (nSPS) is 11.6. The Morgan fingerprint density at radius 1 is 1.25 bits per heavy atom. The number of H-pyrrole nitrogens is 1. The molecule has 0 bridgehead atoms. The van der Waals surface area contributed by atoms with Gasteiger partial charge in [-0.15, -0.1) is 0 Å². The van der Waals surface area contributed by atoms with Gasteiger partial charge in [-0.25, -0.2) is 4.79 Å². The number of hydrogen-bond donors (Lipinski definition) is 3. The van der Waals surface area contributed by atoms with E-state index in [1.54, 1.807) is 20.0 Å². The molecule has 7 heteroatoms. The largest absolute Gasteiger partial charge is 0.465 e. The van der Waals surface area contributed by atoms with Gasteiger partial charge < -0.3 is 24.8 Å². The monoisotopic (exact) mass is 382 g/mol. The van der Waals surface area contributed by atoms with Crippen LogP contribution in [-0.4, -0.2) is 37.6 Å². The van der Waals surface area contributed by atoms with Gasteiger partial charge in [-0.3, -0.25) is 4.99 Å². The highest BCUT2D eigenvalue weighted by Crippen LogP contribution is 2.19. The number of nitrogens with one attached hydrogen (secondary N) is 3. The second-order valence-electron chi connectivity index (χ2n) is 6.64. The SMILES string of the molecule is CN=C(NCCc1c[nH]c2cc(C)ccc12)NCc1cc(C(=O)OC)c(C)o1. The topological polar surface area (TPSA) is 91.7 Å². The fourth-order valence-electron chi connectivity index (χ4n) is 3.16. The predicted molar refractivity (Wildman–Crippen MR) is 110 cm³/mol. The number of nitrogens with zero attached hydrogens (tertiary/aromatic N) is 1. The maximum atomic E-state index is 11.7. The van der Waals surface area contributed by atoms with Crippen LogP contribution in [0.2, 0.25) is 0 Å². The maximum absolute atomic E-state index is 11.7. The molecule has 28 heavy (non-hydrogen) atoms. The zero-order valence-electron chi connectivity index (χ0n) is 16.7. The summed E-state index contributed by atoms with van der Waals surface area (Å²) in [4.78, 5) is 19.2. The van der Waals surface area contributed by atoms with Crippen LogP contribution in [0.3, 0.4) is 0 Å². The molecule has 0 radical (unpaired) electrons. The molecule has 2 aromatic heterocycles. The Labute approximate surface area is 164 Å². The molecule has 0 aliphatic carbocycles. The number of aromatic amines is 1. The standard InChI is InChI=1S/C21H26N4O3/c1-13-5-6-17-15(11-24-19(17)9-13)7-8-23-21(22-3)25-12-16-10-18(14(2)28-16)20(26)27-4/h5-6,9-11,24H,7-8,12H2,1-4H3,(H2,22,23,25). The van der Waals surface area contributed by atoms with Crippen LogP contribution in [0.4, 0.5) is 0 Å². The minimum Gasteiger partial charge on any atom is -0.465 e. The minimum atomic E-state index is -0.399.